The maximum absolute atomic E-state index is 12.1. The summed E-state index contributed by atoms with van der Waals surface area (Å²) < 4.78 is 5.35. The summed E-state index contributed by atoms with van der Waals surface area (Å²) in [5, 5.41) is 2.56. The van der Waals surface area contributed by atoms with Gasteiger partial charge in [0.1, 0.15) is 5.75 Å². The van der Waals surface area contributed by atoms with E-state index >= 15 is 0 Å². The number of ketones is 1. The number of ether oxygens (including phenoxy) is 1. The maximum atomic E-state index is 12.1. The van der Waals surface area contributed by atoms with Gasteiger partial charge in [0, 0.05) is 18.2 Å². The predicted molar refractivity (Wildman–Crippen MR) is 90.8 cm³/mol. The van der Waals surface area contributed by atoms with Crippen molar-refractivity contribution in [1.29, 1.82) is 0 Å². The zero-order valence-corrected chi connectivity index (χ0v) is 13.2. The van der Waals surface area contributed by atoms with Crippen molar-refractivity contribution < 1.29 is 14.3 Å². The molecule has 0 aliphatic heterocycles. The van der Waals surface area contributed by atoms with Crippen LogP contribution in [0.2, 0.25) is 0 Å². The molecule has 2 aromatic carbocycles. The molecule has 0 aliphatic rings. The molecule has 1 N–H and O–H groups in total. The highest BCUT2D eigenvalue weighted by molar-refractivity contribution is 6.06. The molecule has 2 rings (SSSR count). The molecule has 0 aromatic heterocycles. The fourth-order valence-corrected chi connectivity index (χ4v) is 2.04. The Hall–Kier alpha value is -2.88. The van der Waals surface area contributed by atoms with Crippen molar-refractivity contribution in [3.8, 4) is 5.75 Å². The number of carbonyl (C=O) groups is 2. The first-order valence-corrected chi connectivity index (χ1v) is 7.41. The van der Waals surface area contributed by atoms with Crippen molar-refractivity contribution in [2.24, 2.45) is 0 Å². The average molecular weight is 309 g/mol. The molecular weight excluding hydrogens is 290 g/mol. The highest BCUT2D eigenvalue weighted by Gasteiger charge is 2.03. The minimum absolute atomic E-state index is 0.0802. The molecule has 23 heavy (non-hydrogen) atoms. The van der Waals surface area contributed by atoms with Gasteiger partial charge in [-0.05, 0) is 55.0 Å². The summed E-state index contributed by atoms with van der Waals surface area (Å²) in [6, 6.07) is 14.1. The standard InChI is InChI=1S/C19H19NO3/c1-3-23-17-11-9-15(10-12-17)18(21)13-6-14-4-7-16(8-5-14)19(22)20-2/h4-13H,3H2,1-2H3,(H,20,22)/b13-6+. The number of carbonyl (C=O) groups excluding carboxylic acids is 2. The van der Waals surface area contributed by atoms with Crippen LogP contribution in [-0.4, -0.2) is 25.3 Å². The molecule has 1 amide bonds. The first kappa shape index (κ1) is 16.5. The van der Waals surface area contributed by atoms with E-state index in [2.05, 4.69) is 5.32 Å². The van der Waals surface area contributed by atoms with Crippen LogP contribution in [0.4, 0.5) is 0 Å². The highest BCUT2D eigenvalue weighted by atomic mass is 16.5. The van der Waals surface area contributed by atoms with E-state index in [1.165, 1.54) is 6.08 Å². The van der Waals surface area contributed by atoms with E-state index in [4.69, 9.17) is 4.74 Å². The van der Waals surface area contributed by atoms with Gasteiger partial charge < -0.3 is 10.1 Å². The van der Waals surface area contributed by atoms with Crippen LogP contribution in [0.5, 0.6) is 5.75 Å². The van der Waals surface area contributed by atoms with E-state index in [1.54, 1.807) is 61.7 Å². The second-order valence-electron chi connectivity index (χ2n) is 4.86. The van der Waals surface area contributed by atoms with Crippen molar-refractivity contribution in [3.05, 3.63) is 71.3 Å². The fraction of sp³-hybridized carbons (Fsp3) is 0.158. The van der Waals surface area contributed by atoms with Crippen LogP contribution >= 0.6 is 0 Å². The van der Waals surface area contributed by atoms with Gasteiger partial charge in [-0.3, -0.25) is 9.59 Å². The lowest BCUT2D eigenvalue weighted by Gasteiger charge is -2.03. The number of rotatable bonds is 6. The van der Waals surface area contributed by atoms with Crippen molar-refractivity contribution in [1.82, 2.24) is 5.32 Å². The van der Waals surface area contributed by atoms with Crippen molar-refractivity contribution in [3.63, 3.8) is 0 Å². The van der Waals surface area contributed by atoms with E-state index in [0.717, 1.165) is 11.3 Å². The number of allylic oxidation sites excluding steroid dienone is 1. The summed E-state index contributed by atoms with van der Waals surface area (Å²) in [4.78, 5) is 23.6. The van der Waals surface area contributed by atoms with Crippen LogP contribution in [-0.2, 0) is 0 Å². The molecule has 0 heterocycles. The van der Waals surface area contributed by atoms with Gasteiger partial charge in [-0.25, -0.2) is 0 Å². The van der Waals surface area contributed by atoms with Crippen molar-refractivity contribution in [2.75, 3.05) is 13.7 Å². The molecule has 0 bridgehead atoms. The van der Waals surface area contributed by atoms with Crippen LogP contribution in [0, 0.1) is 0 Å². The largest absolute Gasteiger partial charge is 0.494 e. The quantitative estimate of drug-likeness (QED) is 0.657. The van der Waals surface area contributed by atoms with E-state index in [1.807, 2.05) is 6.92 Å². The SMILES string of the molecule is CCOc1ccc(C(=O)/C=C/c2ccc(C(=O)NC)cc2)cc1. The lowest BCUT2D eigenvalue weighted by atomic mass is 10.1. The first-order valence-electron chi connectivity index (χ1n) is 7.41. The summed E-state index contributed by atoms with van der Waals surface area (Å²) in [5.41, 5.74) is 2.05. The van der Waals surface area contributed by atoms with Crippen molar-refractivity contribution in [2.45, 2.75) is 6.92 Å². The van der Waals surface area contributed by atoms with Crippen LogP contribution < -0.4 is 10.1 Å². The molecule has 2 aromatic rings. The second kappa shape index (κ2) is 7.94. The summed E-state index contributed by atoms with van der Waals surface area (Å²) in [7, 11) is 1.59. The van der Waals surface area contributed by atoms with E-state index in [0.29, 0.717) is 17.7 Å². The first-order chi connectivity index (χ1) is 11.1. The number of benzene rings is 2. The van der Waals surface area contributed by atoms with Crippen LogP contribution in [0.25, 0.3) is 6.08 Å². The monoisotopic (exact) mass is 309 g/mol. The smallest absolute Gasteiger partial charge is 0.251 e. The van der Waals surface area contributed by atoms with Crippen molar-refractivity contribution >= 4 is 17.8 Å². The summed E-state index contributed by atoms with van der Waals surface area (Å²) in [6.07, 6.45) is 3.25. The molecule has 0 spiro atoms. The molecule has 4 nitrogen and oxygen atoms in total. The minimum Gasteiger partial charge on any atom is -0.494 e. The molecule has 118 valence electrons. The fourth-order valence-electron chi connectivity index (χ4n) is 2.04. The van der Waals surface area contributed by atoms with Gasteiger partial charge in [0.15, 0.2) is 5.78 Å². The van der Waals surface area contributed by atoms with Gasteiger partial charge in [-0.2, -0.15) is 0 Å². The molecule has 0 saturated heterocycles. The maximum Gasteiger partial charge on any atom is 0.251 e. The Kier molecular flexibility index (Phi) is 5.69. The third-order valence-corrected chi connectivity index (χ3v) is 3.28. The topological polar surface area (TPSA) is 55.4 Å². The Morgan fingerprint density at radius 2 is 1.61 bits per heavy atom. The molecule has 0 fully saturated rings. The van der Waals surface area contributed by atoms with Gasteiger partial charge in [-0.1, -0.05) is 18.2 Å². The molecule has 0 atom stereocenters. The Labute approximate surface area is 135 Å². The van der Waals surface area contributed by atoms with Crippen LogP contribution in [0.1, 0.15) is 33.2 Å². The van der Waals surface area contributed by atoms with Gasteiger partial charge >= 0.3 is 0 Å². The van der Waals surface area contributed by atoms with Gasteiger partial charge in [-0.15, -0.1) is 0 Å². The number of hydrogen-bond donors (Lipinski definition) is 1. The Bertz CT molecular complexity index is 700. The summed E-state index contributed by atoms with van der Waals surface area (Å²) in [5.74, 6) is 0.534. The van der Waals surface area contributed by atoms with E-state index < -0.39 is 0 Å². The minimum atomic E-state index is -0.133. The lowest BCUT2D eigenvalue weighted by Crippen LogP contribution is -2.17. The number of amides is 1. The summed E-state index contributed by atoms with van der Waals surface area (Å²) >= 11 is 0. The number of hydrogen-bond acceptors (Lipinski definition) is 3. The molecule has 0 saturated carbocycles. The average Bonchev–Trinajstić information content (AvgIpc) is 2.60. The van der Waals surface area contributed by atoms with Gasteiger partial charge in [0.2, 0.25) is 0 Å². The molecule has 0 aliphatic carbocycles. The Morgan fingerprint density at radius 1 is 1.00 bits per heavy atom. The molecule has 0 radical (unpaired) electrons. The molecular formula is C19H19NO3. The highest BCUT2D eigenvalue weighted by Crippen LogP contribution is 2.13. The third-order valence-electron chi connectivity index (χ3n) is 3.28. The molecule has 0 unspecified atom stereocenters. The second-order valence-corrected chi connectivity index (χ2v) is 4.86. The van der Waals surface area contributed by atoms with Crippen LogP contribution in [0.3, 0.4) is 0 Å². The Morgan fingerprint density at radius 3 is 2.17 bits per heavy atom. The third kappa shape index (κ3) is 4.54. The molecule has 4 heteroatoms. The summed E-state index contributed by atoms with van der Waals surface area (Å²) in [6.45, 7) is 2.51. The normalized spacial score (nSPS) is 10.5. The number of nitrogens with one attached hydrogen (secondary N) is 1. The zero-order chi connectivity index (χ0) is 16.7. The van der Waals surface area contributed by atoms with Crippen LogP contribution in [0.15, 0.2) is 54.6 Å². The van der Waals surface area contributed by atoms with Gasteiger partial charge in [0.05, 0.1) is 6.61 Å². The van der Waals surface area contributed by atoms with Gasteiger partial charge in [0.25, 0.3) is 5.91 Å². The predicted octanol–water partition coefficient (Wildman–Crippen LogP) is 3.34. The zero-order valence-electron chi connectivity index (χ0n) is 13.2. The Balaban J connectivity index is 2.04. The lowest BCUT2D eigenvalue weighted by molar-refractivity contribution is 0.0962. The van der Waals surface area contributed by atoms with E-state index in [9.17, 15) is 9.59 Å². The van der Waals surface area contributed by atoms with E-state index in [-0.39, 0.29) is 11.7 Å².